The second kappa shape index (κ2) is 7.13. The van der Waals surface area contributed by atoms with Gasteiger partial charge in [-0.25, -0.2) is 0 Å². The lowest BCUT2D eigenvalue weighted by Crippen LogP contribution is -2.62. The maximum absolute atomic E-state index is 9.91. The average molecular weight is 292 g/mol. The number of aliphatic hydroxyl groups is 5. The maximum atomic E-state index is 9.91. The van der Waals surface area contributed by atoms with Crippen molar-refractivity contribution in [3.05, 3.63) is 0 Å². The summed E-state index contributed by atoms with van der Waals surface area (Å²) in [5.74, 6) is 0. The third-order valence-electron chi connectivity index (χ3n) is 4.05. The SMILES string of the molecule is OC[C@@H](O)[C@@H]1O[C@@H](OC2CCCCC2)[C@@H](O)[C@H](O)[C@@H]1O. The van der Waals surface area contributed by atoms with E-state index in [4.69, 9.17) is 14.6 Å². The zero-order chi connectivity index (χ0) is 14.7. The van der Waals surface area contributed by atoms with Gasteiger partial charge in [0.25, 0.3) is 0 Å². The number of ether oxygens (including phenoxy) is 2. The molecule has 1 heterocycles. The van der Waals surface area contributed by atoms with Gasteiger partial charge in [0, 0.05) is 0 Å². The van der Waals surface area contributed by atoms with E-state index in [9.17, 15) is 20.4 Å². The van der Waals surface area contributed by atoms with Gasteiger partial charge in [-0.2, -0.15) is 0 Å². The second-order valence-corrected chi connectivity index (χ2v) is 5.59. The van der Waals surface area contributed by atoms with Crippen LogP contribution in [0.25, 0.3) is 0 Å². The predicted octanol–water partition coefficient (Wildman–Crippen LogP) is -1.50. The molecule has 0 aromatic heterocycles. The molecule has 2 fully saturated rings. The van der Waals surface area contributed by atoms with Gasteiger partial charge in [-0.15, -0.1) is 0 Å². The number of aliphatic hydroxyl groups excluding tert-OH is 5. The Balaban J connectivity index is 1.99. The third-order valence-corrected chi connectivity index (χ3v) is 4.05. The van der Waals surface area contributed by atoms with Gasteiger partial charge in [0.1, 0.15) is 30.5 Å². The molecule has 2 aliphatic rings. The van der Waals surface area contributed by atoms with Gasteiger partial charge in [0.2, 0.25) is 0 Å². The summed E-state index contributed by atoms with van der Waals surface area (Å²) in [5, 5.41) is 48.0. The van der Waals surface area contributed by atoms with Crippen LogP contribution >= 0.6 is 0 Å². The molecule has 0 spiro atoms. The fourth-order valence-corrected chi connectivity index (χ4v) is 2.80. The van der Waals surface area contributed by atoms with Gasteiger partial charge >= 0.3 is 0 Å². The minimum Gasteiger partial charge on any atom is -0.394 e. The van der Waals surface area contributed by atoms with Gasteiger partial charge in [-0.3, -0.25) is 0 Å². The van der Waals surface area contributed by atoms with Crippen LogP contribution in [-0.4, -0.2) is 75.1 Å². The lowest BCUT2D eigenvalue weighted by molar-refractivity contribution is -0.322. The smallest absolute Gasteiger partial charge is 0.186 e. The lowest BCUT2D eigenvalue weighted by Gasteiger charge is -2.43. The van der Waals surface area contributed by atoms with Crippen LogP contribution in [0.2, 0.25) is 0 Å². The van der Waals surface area contributed by atoms with Crippen LogP contribution in [0.15, 0.2) is 0 Å². The summed E-state index contributed by atoms with van der Waals surface area (Å²) in [4.78, 5) is 0. The van der Waals surface area contributed by atoms with Crippen molar-refractivity contribution in [2.24, 2.45) is 0 Å². The fourth-order valence-electron chi connectivity index (χ4n) is 2.80. The molecule has 1 saturated carbocycles. The van der Waals surface area contributed by atoms with E-state index in [1.807, 2.05) is 0 Å². The van der Waals surface area contributed by atoms with E-state index in [-0.39, 0.29) is 6.10 Å². The Labute approximate surface area is 117 Å². The van der Waals surface area contributed by atoms with E-state index in [0.717, 1.165) is 32.1 Å². The van der Waals surface area contributed by atoms with E-state index in [0.29, 0.717) is 0 Å². The van der Waals surface area contributed by atoms with Gasteiger partial charge in [0.15, 0.2) is 6.29 Å². The number of hydrogen-bond donors (Lipinski definition) is 5. The Morgan fingerprint density at radius 3 is 2.25 bits per heavy atom. The molecule has 1 aliphatic heterocycles. The normalized spacial score (nSPS) is 41.5. The molecule has 1 saturated heterocycles. The molecule has 7 heteroatoms. The standard InChI is InChI=1S/C13H24O7/c14-6-8(15)12-10(17)9(16)11(18)13(20-12)19-7-4-2-1-3-5-7/h7-18H,1-6H2/t8-,9-,10+,11+,12+,13-/m1/s1. The summed E-state index contributed by atoms with van der Waals surface area (Å²) in [7, 11) is 0. The van der Waals surface area contributed by atoms with E-state index in [1.165, 1.54) is 0 Å². The average Bonchev–Trinajstić information content (AvgIpc) is 2.48. The van der Waals surface area contributed by atoms with E-state index in [2.05, 4.69) is 0 Å². The number of hydrogen-bond acceptors (Lipinski definition) is 7. The molecular formula is C13H24O7. The van der Waals surface area contributed by atoms with Crippen LogP contribution in [-0.2, 0) is 9.47 Å². The largest absolute Gasteiger partial charge is 0.394 e. The summed E-state index contributed by atoms with van der Waals surface area (Å²) in [5.41, 5.74) is 0. The van der Waals surface area contributed by atoms with E-state index in [1.54, 1.807) is 0 Å². The zero-order valence-electron chi connectivity index (χ0n) is 11.3. The third kappa shape index (κ3) is 3.48. The molecule has 5 N–H and O–H groups in total. The molecule has 0 bridgehead atoms. The van der Waals surface area contributed by atoms with Gasteiger partial charge in [-0.05, 0) is 12.8 Å². The number of rotatable bonds is 4. The Morgan fingerprint density at radius 1 is 1.00 bits per heavy atom. The Hall–Kier alpha value is -0.280. The molecule has 6 atom stereocenters. The van der Waals surface area contributed by atoms with Crippen molar-refractivity contribution >= 4 is 0 Å². The van der Waals surface area contributed by atoms with Crippen LogP contribution in [0.1, 0.15) is 32.1 Å². The van der Waals surface area contributed by atoms with E-state index >= 15 is 0 Å². The summed E-state index contributed by atoms with van der Waals surface area (Å²) in [6.45, 7) is -0.610. The van der Waals surface area contributed by atoms with Gasteiger partial charge in [0.05, 0.1) is 12.7 Å². The summed E-state index contributed by atoms with van der Waals surface area (Å²) in [6, 6.07) is 0. The van der Waals surface area contributed by atoms with Gasteiger partial charge < -0.3 is 35.0 Å². The molecule has 0 aromatic rings. The minimum absolute atomic E-state index is 0.0576. The van der Waals surface area contributed by atoms with Crippen LogP contribution in [0.5, 0.6) is 0 Å². The Bertz CT molecular complexity index is 294. The summed E-state index contributed by atoms with van der Waals surface area (Å²) < 4.78 is 11.0. The molecule has 118 valence electrons. The first-order chi connectivity index (χ1) is 9.54. The molecule has 0 radical (unpaired) electrons. The van der Waals surface area contributed by atoms with Crippen molar-refractivity contribution in [3.63, 3.8) is 0 Å². The van der Waals surface area contributed by atoms with Crippen molar-refractivity contribution in [2.75, 3.05) is 6.61 Å². The van der Waals surface area contributed by atoms with Crippen LogP contribution in [0.3, 0.4) is 0 Å². The quantitative estimate of drug-likeness (QED) is 0.427. The highest BCUT2D eigenvalue weighted by atomic mass is 16.7. The monoisotopic (exact) mass is 292 g/mol. The first kappa shape index (κ1) is 16.1. The van der Waals surface area contributed by atoms with Crippen LogP contribution < -0.4 is 0 Å². The molecule has 0 aromatic carbocycles. The molecule has 7 nitrogen and oxygen atoms in total. The van der Waals surface area contributed by atoms with Crippen molar-refractivity contribution in [1.82, 2.24) is 0 Å². The Morgan fingerprint density at radius 2 is 1.65 bits per heavy atom. The van der Waals surface area contributed by atoms with Crippen LogP contribution in [0.4, 0.5) is 0 Å². The molecular weight excluding hydrogens is 268 g/mol. The minimum atomic E-state index is -1.48. The highest BCUT2D eigenvalue weighted by Crippen LogP contribution is 2.28. The maximum Gasteiger partial charge on any atom is 0.186 e. The Kier molecular flexibility index (Phi) is 5.74. The van der Waals surface area contributed by atoms with Gasteiger partial charge in [-0.1, -0.05) is 19.3 Å². The molecule has 20 heavy (non-hydrogen) atoms. The molecule has 2 rings (SSSR count). The highest BCUT2D eigenvalue weighted by Gasteiger charge is 2.47. The zero-order valence-corrected chi connectivity index (χ0v) is 11.3. The first-order valence-corrected chi connectivity index (χ1v) is 7.18. The highest BCUT2D eigenvalue weighted by molar-refractivity contribution is 4.92. The topological polar surface area (TPSA) is 120 Å². The summed E-state index contributed by atoms with van der Waals surface area (Å²) >= 11 is 0. The molecule has 0 amide bonds. The van der Waals surface area contributed by atoms with Crippen molar-refractivity contribution in [3.8, 4) is 0 Å². The first-order valence-electron chi connectivity index (χ1n) is 7.18. The molecule has 1 aliphatic carbocycles. The van der Waals surface area contributed by atoms with Crippen molar-refractivity contribution in [1.29, 1.82) is 0 Å². The molecule has 0 unspecified atom stereocenters. The second-order valence-electron chi connectivity index (χ2n) is 5.59. The van der Waals surface area contributed by atoms with E-state index < -0.39 is 43.4 Å². The fraction of sp³-hybridized carbons (Fsp3) is 1.00. The summed E-state index contributed by atoms with van der Waals surface area (Å²) in [6.07, 6.45) is -3.08. The van der Waals surface area contributed by atoms with Crippen LogP contribution in [0, 0.1) is 0 Å². The van der Waals surface area contributed by atoms with Crippen molar-refractivity contribution < 1.29 is 35.0 Å². The lowest BCUT2D eigenvalue weighted by atomic mass is 9.94. The van der Waals surface area contributed by atoms with Crippen molar-refractivity contribution in [2.45, 2.75) is 75.0 Å². The predicted molar refractivity (Wildman–Crippen MR) is 67.7 cm³/mol.